The van der Waals surface area contributed by atoms with Gasteiger partial charge in [0, 0.05) is 22.0 Å². The summed E-state index contributed by atoms with van der Waals surface area (Å²) >= 11 is 0. The van der Waals surface area contributed by atoms with Crippen LogP contribution in [-0.2, 0) is 14.0 Å². The molecule has 0 amide bonds. The van der Waals surface area contributed by atoms with E-state index in [1.807, 2.05) is 13.0 Å². The van der Waals surface area contributed by atoms with E-state index in [0.717, 1.165) is 13.0 Å². The van der Waals surface area contributed by atoms with Gasteiger partial charge in [-0.2, -0.15) is 0 Å². The zero-order valence-electron chi connectivity index (χ0n) is 14.8. The van der Waals surface area contributed by atoms with Crippen molar-refractivity contribution in [1.29, 1.82) is 0 Å². The van der Waals surface area contributed by atoms with Gasteiger partial charge in [0.05, 0.1) is 31.5 Å². The maximum absolute atomic E-state index is 10.2. The van der Waals surface area contributed by atoms with Gasteiger partial charge >= 0.3 is 0 Å². The van der Waals surface area contributed by atoms with Crippen LogP contribution in [0, 0.1) is 11.8 Å². The van der Waals surface area contributed by atoms with Crippen molar-refractivity contribution in [3.8, 4) is 0 Å². The van der Waals surface area contributed by atoms with E-state index >= 15 is 0 Å². The van der Waals surface area contributed by atoms with E-state index in [4.69, 9.17) is 14.0 Å². The Balaban J connectivity index is 1.86. The van der Waals surface area contributed by atoms with Gasteiger partial charge in [0.15, 0.2) is 0 Å². The Bertz CT molecular complexity index is 393. The van der Waals surface area contributed by atoms with Crippen molar-refractivity contribution in [2.45, 2.75) is 63.8 Å². The molecule has 0 radical (unpaired) electrons. The van der Waals surface area contributed by atoms with Gasteiger partial charge in [0.1, 0.15) is 0 Å². The molecule has 5 atom stereocenters. The molecule has 4 nitrogen and oxygen atoms in total. The van der Waals surface area contributed by atoms with Crippen molar-refractivity contribution in [3.63, 3.8) is 0 Å². The maximum atomic E-state index is 10.2. The zero-order chi connectivity index (χ0) is 17.2. The lowest BCUT2D eigenvalue weighted by Gasteiger charge is -2.27. The molecule has 0 bridgehead atoms. The minimum atomic E-state index is -0.401. The third-order valence-corrected chi connectivity index (χ3v) is 5.45. The molecular weight excluding hydrogens is 323 g/mol. The Morgan fingerprint density at radius 3 is 2.75 bits per heavy atom. The second-order valence-corrected chi connectivity index (χ2v) is 7.05. The van der Waals surface area contributed by atoms with Crippen LogP contribution in [0.2, 0.25) is 0 Å². The van der Waals surface area contributed by atoms with Crippen LogP contribution in [0.3, 0.4) is 0 Å². The van der Waals surface area contributed by atoms with E-state index < -0.39 is 6.10 Å². The summed E-state index contributed by atoms with van der Waals surface area (Å²) in [6.45, 7) is 3.75. The molecule has 2 rings (SSSR count). The maximum Gasteiger partial charge on any atom is 0.0832 e. The molecule has 5 unspecified atom stereocenters. The quantitative estimate of drug-likeness (QED) is 0.389. The van der Waals surface area contributed by atoms with Gasteiger partial charge < -0.3 is 19.1 Å². The third kappa shape index (κ3) is 6.24. The van der Waals surface area contributed by atoms with E-state index in [9.17, 15) is 5.11 Å². The SMILES string of the molecule is CCOC/C=C/CC1C(O)COC1/C=C/C(OP)C1CCCCC1. The summed E-state index contributed by atoms with van der Waals surface area (Å²) in [6, 6.07) is 0. The molecule has 2 aliphatic rings. The fraction of sp³-hybridized carbons (Fsp3) is 0.789. The van der Waals surface area contributed by atoms with Crippen molar-refractivity contribution in [1.82, 2.24) is 0 Å². The molecule has 1 aliphatic carbocycles. The summed E-state index contributed by atoms with van der Waals surface area (Å²) in [5, 5.41) is 10.2. The topological polar surface area (TPSA) is 47.9 Å². The Kier molecular flexibility index (Phi) is 9.52. The van der Waals surface area contributed by atoms with Crippen LogP contribution in [0.1, 0.15) is 45.4 Å². The lowest BCUT2D eigenvalue weighted by molar-refractivity contribution is 0.106. The standard InChI is InChI=1S/C19H33O4P/c1-2-21-13-7-6-10-16-17(20)14-22-19(16)12-11-18(23-24)15-8-4-3-5-9-15/h6-7,11-12,15-20H,2-5,8-10,13-14,24H2,1H3/b7-6+,12-11+. The van der Waals surface area contributed by atoms with Crippen LogP contribution in [0.25, 0.3) is 0 Å². The minimum absolute atomic E-state index is 0.0389. The molecule has 0 spiro atoms. The molecule has 5 heteroatoms. The molecule has 24 heavy (non-hydrogen) atoms. The fourth-order valence-electron chi connectivity index (χ4n) is 3.67. The summed E-state index contributed by atoms with van der Waals surface area (Å²) < 4.78 is 16.7. The largest absolute Gasteiger partial charge is 0.390 e. The summed E-state index contributed by atoms with van der Waals surface area (Å²) in [5.41, 5.74) is 0. The summed E-state index contributed by atoms with van der Waals surface area (Å²) in [5.74, 6) is 0.707. The van der Waals surface area contributed by atoms with E-state index in [1.54, 1.807) is 0 Å². The molecule has 1 saturated heterocycles. The van der Waals surface area contributed by atoms with Crippen LogP contribution < -0.4 is 0 Å². The Labute approximate surface area is 148 Å². The molecule has 2 fully saturated rings. The summed E-state index contributed by atoms with van der Waals surface area (Å²) in [4.78, 5) is 0. The monoisotopic (exact) mass is 356 g/mol. The molecule has 1 aliphatic heterocycles. The average molecular weight is 356 g/mol. The molecule has 1 heterocycles. The highest BCUT2D eigenvalue weighted by molar-refractivity contribution is 7.09. The number of hydrogen-bond donors (Lipinski definition) is 1. The first-order valence-electron chi connectivity index (χ1n) is 9.32. The summed E-state index contributed by atoms with van der Waals surface area (Å²) in [7, 11) is 2.41. The van der Waals surface area contributed by atoms with Crippen LogP contribution in [0.4, 0.5) is 0 Å². The lowest BCUT2D eigenvalue weighted by atomic mass is 9.84. The van der Waals surface area contributed by atoms with Gasteiger partial charge in [-0.25, -0.2) is 0 Å². The highest BCUT2D eigenvalue weighted by Crippen LogP contribution is 2.31. The number of rotatable bonds is 9. The molecule has 138 valence electrons. The first-order chi connectivity index (χ1) is 11.8. The lowest BCUT2D eigenvalue weighted by Crippen LogP contribution is -2.24. The van der Waals surface area contributed by atoms with Gasteiger partial charge in [0.2, 0.25) is 0 Å². The van der Waals surface area contributed by atoms with E-state index in [1.165, 1.54) is 32.1 Å². The van der Waals surface area contributed by atoms with Gasteiger partial charge in [-0.15, -0.1) is 0 Å². The molecule has 1 saturated carbocycles. The van der Waals surface area contributed by atoms with E-state index in [-0.39, 0.29) is 18.1 Å². The predicted octanol–water partition coefficient (Wildman–Crippen LogP) is 3.66. The highest BCUT2D eigenvalue weighted by Gasteiger charge is 2.34. The summed E-state index contributed by atoms with van der Waals surface area (Å²) in [6.07, 6.45) is 15.3. The molecule has 1 N–H and O–H groups in total. The van der Waals surface area contributed by atoms with Crippen LogP contribution in [0.15, 0.2) is 24.3 Å². The van der Waals surface area contributed by atoms with Gasteiger partial charge in [-0.3, -0.25) is 0 Å². The Morgan fingerprint density at radius 2 is 2.04 bits per heavy atom. The minimum Gasteiger partial charge on any atom is -0.390 e. The molecular formula is C19H33O4P. The van der Waals surface area contributed by atoms with Crippen molar-refractivity contribution < 1.29 is 19.1 Å². The number of aliphatic hydroxyl groups is 1. The predicted molar refractivity (Wildman–Crippen MR) is 99.8 cm³/mol. The number of allylic oxidation sites excluding steroid dienone is 1. The first-order valence-corrected chi connectivity index (χ1v) is 9.79. The van der Waals surface area contributed by atoms with Gasteiger partial charge in [-0.1, -0.05) is 43.6 Å². The zero-order valence-corrected chi connectivity index (χ0v) is 16.0. The van der Waals surface area contributed by atoms with Crippen molar-refractivity contribution in [2.24, 2.45) is 11.8 Å². The molecule has 0 aromatic heterocycles. The fourth-order valence-corrected chi connectivity index (χ4v) is 3.98. The smallest absolute Gasteiger partial charge is 0.0832 e. The Hall–Kier alpha value is -0.250. The number of ether oxygens (including phenoxy) is 2. The normalized spacial score (nSPS) is 30.5. The Morgan fingerprint density at radius 1 is 1.25 bits per heavy atom. The second kappa shape index (κ2) is 11.4. The van der Waals surface area contributed by atoms with Crippen molar-refractivity contribution in [2.75, 3.05) is 19.8 Å². The van der Waals surface area contributed by atoms with E-state index in [2.05, 4.69) is 27.7 Å². The molecule has 0 aromatic rings. The number of aliphatic hydroxyl groups excluding tert-OH is 1. The van der Waals surface area contributed by atoms with Crippen molar-refractivity contribution in [3.05, 3.63) is 24.3 Å². The highest BCUT2D eigenvalue weighted by atomic mass is 31.0. The van der Waals surface area contributed by atoms with Crippen LogP contribution in [-0.4, -0.2) is 43.2 Å². The van der Waals surface area contributed by atoms with Gasteiger partial charge in [-0.05, 0) is 32.1 Å². The molecule has 0 aromatic carbocycles. The average Bonchev–Trinajstić information content (AvgIpc) is 2.96. The van der Waals surface area contributed by atoms with Crippen LogP contribution >= 0.6 is 9.47 Å². The first kappa shape index (κ1) is 20.1. The third-order valence-electron chi connectivity index (χ3n) is 5.13. The second-order valence-electron chi connectivity index (χ2n) is 6.78. The van der Waals surface area contributed by atoms with Gasteiger partial charge in [0.25, 0.3) is 0 Å². The van der Waals surface area contributed by atoms with Crippen LogP contribution in [0.5, 0.6) is 0 Å². The van der Waals surface area contributed by atoms with Crippen molar-refractivity contribution >= 4 is 9.47 Å². The number of hydrogen-bond acceptors (Lipinski definition) is 4. The van der Waals surface area contributed by atoms with E-state index in [0.29, 0.717) is 19.1 Å².